The summed E-state index contributed by atoms with van der Waals surface area (Å²) in [6.45, 7) is 0. The predicted octanol–water partition coefficient (Wildman–Crippen LogP) is 3.68. The minimum atomic E-state index is -0.661. The fraction of sp³-hybridized carbons (Fsp3) is 0. The van der Waals surface area contributed by atoms with E-state index in [1.54, 1.807) is 0 Å². The molecule has 0 fully saturated rings. The zero-order valence-electron chi connectivity index (χ0n) is 9.10. The van der Waals surface area contributed by atoms with Crippen molar-refractivity contribution in [2.24, 2.45) is 0 Å². The number of benzene rings is 1. The average molecular weight is 348 g/mol. The van der Waals surface area contributed by atoms with Gasteiger partial charge in [0.05, 0.1) is 10.6 Å². The van der Waals surface area contributed by atoms with Crippen LogP contribution in [0.5, 0.6) is 0 Å². The summed E-state index contributed by atoms with van der Waals surface area (Å²) >= 11 is 8.78. The highest BCUT2D eigenvalue weighted by atomic mass is 79.9. The zero-order chi connectivity index (χ0) is 14.0. The van der Waals surface area contributed by atoms with Crippen LogP contribution < -0.4 is 5.32 Å². The van der Waals surface area contributed by atoms with Crippen LogP contribution in [-0.2, 0) is 0 Å². The lowest BCUT2D eigenvalue weighted by atomic mass is 10.3. The standard InChI is InChI=1S/C10H5BrClFN4O2/c11-6-2-1-5(13)3-7(6)15-9-8(17(18)19)4-14-10(12)16-9/h1-4H,(H,14,15,16). The summed E-state index contributed by atoms with van der Waals surface area (Å²) in [7, 11) is 0. The van der Waals surface area contributed by atoms with E-state index in [2.05, 4.69) is 31.2 Å². The van der Waals surface area contributed by atoms with Gasteiger partial charge in [-0.2, -0.15) is 4.98 Å². The van der Waals surface area contributed by atoms with Gasteiger partial charge in [0.2, 0.25) is 11.1 Å². The van der Waals surface area contributed by atoms with E-state index in [1.807, 2.05) is 0 Å². The first kappa shape index (κ1) is 13.6. The Morgan fingerprint density at radius 2 is 2.21 bits per heavy atom. The molecule has 6 nitrogen and oxygen atoms in total. The number of hydrogen-bond acceptors (Lipinski definition) is 5. The molecular weight excluding hydrogens is 342 g/mol. The van der Waals surface area contributed by atoms with Crippen LogP contribution in [0, 0.1) is 15.9 Å². The van der Waals surface area contributed by atoms with Gasteiger partial charge in [-0.3, -0.25) is 10.1 Å². The van der Waals surface area contributed by atoms with Crippen LogP contribution in [0.15, 0.2) is 28.9 Å². The molecule has 98 valence electrons. The summed E-state index contributed by atoms with van der Waals surface area (Å²) in [5, 5.41) is 13.3. The highest BCUT2D eigenvalue weighted by Crippen LogP contribution is 2.30. The van der Waals surface area contributed by atoms with E-state index in [4.69, 9.17) is 11.6 Å². The van der Waals surface area contributed by atoms with Crippen LogP contribution >= 0.6 is 27.5 Å². The van der Waals surface area contributed by atoms with Crippen LogP contribution in [-0.4, -0.2) is 14.9 Å². The molecule has 0 atom stereocenters. The van der Waals surface area contributed by atoms with Gasteiger partial charge < -0.3 is 5.32 Å². The van der Waals surface area contributed by atoms with Crippen molar-refractivity contribution in [3.63, 3.8) is 0 Å². The number of nitrogens with zero attached hydrogens (tertiary/aromatic N) is 3. The highest BCUT2D eigenvalue weighted by molar-refractivity contribution is 9.10. The average Bonchev–Trinajstić information content (AvgIpc) is 2.33. The second kappa shape index (κ2) is 5.45. The quantitative estimate of drug-likeness (QED) is 0.520. The van der Waals surface area contributed by atoms with E-state index in [0.29, 0.717) is 4.47 Å². The van der Waals surface area contributed by atoms with Crippen molar-refractivity contribution < 1.29 is 9.31 Å². The molecule has 1 heterocycles. The number of nitrogens with one attached hydrogen (secondary N) is 1. The lowest BCUT2D eigenvalue weighted by Gasteiger charge is -2.08. The number of anilines is 2. The Hall–Kier alpha value is -1.80. The molecule has 0 unspecified atom stereocenters. The maximum absolute atomic E-state index is 13.1. The lowest BCUT2D eigenvalue weighted by Crippen LogP contribution is -2.02. The van der Waals surface area contributed by atoms with Gasteiger partial charge in [-0.15, -0.1) is 0 Å². The molecule has 9 heteroatoms. The summed E-state index contributed by atoms with van der Waals surface area (Å²) in [4.78, 5) is 17.4. The van der Waals surface area contributed by atoms with Crippen LogP contribution in [0.4, 0.5) is 21.6 Å². The van der Waals surface area contributed by atoms with E-state index < -0.39 is 10.7 Å². The highest BCUT2D eigenvalue weighted by Gasteiger charge is 2.18. The molecular formula is C10H5BrClFN4O2. The Kier molecular flexibility index (Phi) is 3.91. The predicted molar refractivity (Wildman–Crippen MR) is 71.1 cm³/mol. The van der Waals surface area contributed by atoms with Gasteiger partial charge >= 0.3 is 5.69 Å². The smallest absolute Gasteiger partial charge is 0.329 e. The van der Waals surface area contributed by atoms with Crippen molar-refractivity contribution in [3.8, 4) is 0 Å². The van der Waals surface area contributed by atoms with Gasteiger partial charge in [-0.1, -0.05) is 0 Å². The third kappa shape index (κ3) is 3.15. The lowest BCUT2D eigenvalue weighted by molar-refractivity contribution is -0.384. The van der Waals surface area contributed by atoms with Gasteiger partial charge in [0.25, 0.3) is 0 Å². The Morgan fingerprint density at radius 1 is 1.47 bits per heavy atom. The van der Waals surface area contributed by atoms with E-state index in [-0.39, 0.29) is 22.5 Å². The Morgan fingerprint density at radius 3 is 2.89 bits per heavy atom. The largest absolute Gasteiger partial charge is 0.333 e. The molecule has 0 aliphatic carbocycles. The van der Waals surface area contributed by atoms with Crippen LogP contribution in [0.3, 0.4) is 0 Å². The van der Waals surface area contributed by atoms with Crippen LogP contribution in [0.1, 0.15) is 0 Å². The molecule has 0 amide bonds. The SMILES string of the molecule is O=[N+]([O-])c1cnc(Cl)nc1Nc1cc(F)ccc1Br. The molecule has 1 N–H and O–H groups in total. The normalized spacial score (nSPS) is 10.3. The summed E-state index contributed by atoms with van der Waals surface area (Å²) in [6.07, 6.45) is 0.977. The number of aromatic nitrogens is 2. The third-order valence-corrected chi connectivity index (χ3v) is 2.99. The van der Waals surface area contributed by atoms with Crippen molar-refractivity contribution in [1.82, 2.24) is 9.97 Å². The van der Waals surface area contributed by atoms with Gasteiger partial charge in [0, 0.05) is 4.47 Å². The molecule has 2 aromatic rings. The van der Waals surface area contributed by atoms with Crippen molar-refractivity contribution >= 4 is 44.7 Å². The number of halogens is 3. The topological polar surface area (TPSA) is 81.0 Å². The maximum Gasteiger partial charge on any atom is 0.329 e. The van der Waals surface area contributed by atoms with Crippen molar-refractivity contribution in [1.29, 1.82) is 0 Å². The fourth-order valence-electron chi connectivity index (χ4n) is 1.30. The van der Waals surface area contributed by atoms with Crippen molar-refractivity contribution in [2.45, 2.75) is 0 Å². The van der Waals surface area contributed by atoms with E-state index in [9.17, 15) is 14.5 Å². The van der Waals surface area contributed by atoms with E-state index >= 15 is 0 Å². The molecule has 1 aromatic carbocycles. The third-order valence-electron chi connectivity index (χ3n) is 2.12. The molecule has 2 rings (SSSR count). The maximum atomic E-state index is 13.1. The first-order chi connectivity index (χ1) is 8.97. The summed E-state index contributed by atoms with van der Waals surface area (Å²) < 4.78 is 13.7. The van der Waals surface area contributed by atoms with E-state index in [0.717, 1.165) is 6.20 Å². The van der Waals surface area contributed by atoms with Crippen molar-refractivity contribution in [2.75, 3.05) is 5.32 Å². The van der Waals surface area contributed by atoms with Crippen LogP contribution in [0.2, 0.25) is 5.28 Å². The molecule has 0 aliphatic heterocycles. The molecule has 0 bridgehead atoms. The fourth-order valence-corrected chi connectivity index (χ4v) is 1.78. The molecule has 0 saturated carbocycles. The minimum absolute atomic E-state index is 0.115. The Labute approximate surface area is 119 Å². The first-order valence-electron chi connectivity index (χ1n) is 4.86. The number of nitro groups is 1. The monoisotopic (exact) mass is 346 g/mol. The Balaban J connectivity index is 2.45. The Bertz CT molecular complexity index is 655. The van der Waals surface area contributed by atoms with Gasteiger partial charge in [-0.05, 0) is 45.7 Å². The zero-order valence-corrected chi connectivity index (χ0v) is 11.4. The second-order valence-corrected chi connectivity index (χ2v) is 4.57. The van der Waals surface area contributed by atoms with Gasteiger partial charge in [0.15, 0.2) is 0 Å². The molecule has 0 spiro atoms. The number of rotatable bonds is 3. The second-order valence-electron chi connectivity index (χ2n) is 3.38. The van der Waals surface area contributed by atoms with Gasteiger partial charge in [-0.25, -0.2) is 9.37 Å². The molecule has 0 aliphatic rings. The first-order valence-corrected chi connectivity index (χ1v) is 6.03. The van der Waals surface area contributed by atoms with Crippen molar-refractivity contribution in [3.05, 3.63) is 50.1 Å². The molecule has 1 aromatic heterocycles. The minimum Gasteiger partial charge on any atom is -0.333 e. The van der Waals surface area contributed by atoms with Crippen LogP contribution in [0.25, 0.3) is 0 Å². The summed E-state index contributed by atoms with van der Waals surface area (Å²) in [5.74, 6) is -0.607. The van der Waals surface area contributed by atoms with Gasteiger partial charge in [0.1, 0.15) is 12.0 Å². The summed E-state index contributed by atoms with van der Waals surface area (Å²) in [6, 6.07) is 3.88. The molecule has 0 radical (unpaired) electrons. The number of hydrogen-bond donors (Lipinski definition) is 1. The van der Waals surface area contributed by atoms with E-state index in [1.165, 1.54) is 18.2 Å². The molecule has 0 saturated heterocycles. The molecule has 19 heavy (non-hydrogen) atoms. The summed E-state index contributed by atoms with van der Waals surface area (Å²) in [5.41, 5.74) is -0.0709.